The topological polar surface area (TPSA) is 39.7 Å². The van der Waals surface area contributed by atoms with E-state index in [4.69, 9.17) is 0 Å². The molecule has 0 aliphatic heterocycles. The molecule has 1 saturated carbocycles. The maximum absolute atomic E-state index is 4.19. The molecule has 0 aromatic carbocycles. The van der Waals surface area contributed by atoms with E-state index >= 15 is 0 Å². The number of aliphatic imine (C=N–C) groups is 1. The van der Waals surface area contributed by atoms with Gasteiger partial charge in [-0.1, -0.05) is 0 Å². The highest BCUT2D eigenvalue weighted by Crippen LogP contribution is 2.18. The van der Waals surface area contributed by atoms with Crippen molar-refractivity contribution in [2.75, 3.05) is 27.2 Å². The molecule has 0 heterocycles. The molecule has 0 saturated heterocycles. The van der Waals surface area contributed by atoms with E-state index < -0.39 is 0 Å². The van der Waals surface area contributed by atoms with Gasteiger partial charge in [0.15, 0.2) is 5.96 Å². The maximum Gasteiger partial charge on any atom is 0.191 e. The molecule has 0 spiro atoms. The second-order valence-electron chi connectivity index (χ2n) is 4.49. The van der Waals surface area contributed by atoms with Gasteiger partial charge in [-0.25, -0.2) is 0 Å². The molecule has 0 atom stereocenters. The first-order valence-electron chi connectivity index (χ1n) is 5.81. The number of nitrogens with zero attached hydrogens (tertiary/aromatic N) is 2. The Labute approximate surface area is 116 Å². The molecule has 0 amide bonds. The fourth-order valence-corrected chi connectivity index (χ4v) is 1.22. The summed E-state index contributed by atoms with van der Waals surface area (Å²) in [4.78, 5) is 6.50. The third-order valence-corrected chi connectivity index (χ3v) is 2.78. The summed E-state index contributed by atoms with van der Waals surface area (Å²) >= 11 is 0. The third-order valence-electron chi connectivity index (χ3n) is 2.78. The average molecular weight is 340 g/mol. The van der Waals surface area contributed by atoms with Crippen LogP contribution in [0.4, 0.5) is 0 Å². The fourth-order valence-electron chi connectivity index (χ4n) is 1.22. The summed E-state index contributed by atoms with van der Waals surface area (Å²) in [5.74, 6) is 0.939. The zero-order valence-corrected chi connectivity index (χ0v) is 13.1. The van der Waals surface area contributed by atoms with E-state index in [1.807, 2.05) is 7.05 Å². The Hall–Kier alpha value is -0.0400. The minimum atomic E-state index is 0. The molecule has 0 bridgehead atoms. The lowest BCUT2D eigenvalue weighted by molar-refractivity contribution is 0.278. The molecule has 1 fully saturated rings. The molecule has 0 aromatic rings. The highest BCUT2D eigenvalue weighted by Gasteiger charge is 2.21. The molecule has 2 N–H and O–H groups in total. The summed E-state index contributed by atoms with van der Waals surface area (Å²) in [6.45, 7) is 6.40. The molecule has 96 valence electrons. The lowest BCUT2D eigenvalue weighted by Gasteiger charge is -2.21. The van der Waals surface area contributed by atoms with E-state index in [1.54, 1.807) is 0 Å². The van der Waals surface area contributed by atoms with Crippen LogP contribution in [0.2, 0.25) is 0 Å². The molecule has 0 radical (unpaired) electrons. The second kappa shape index (κ2) is 8.11. The SMILES string of the molecule is CN=C(NCCN(C)C(C)C)NC1CC1.I. The quantitative estimate of drug-likeness (QED) is 0.450. The van der Waals surface area contributed by atoms with Crippen molar-refractivity contribution in [2.45, 2.75) is 38.8 Å². The van der Waals surface area contributed by atoms with Crippen LogP contribution in [0.1, 0.15) is 26.7 Å². The van der Waals surface area contributed by atoms with E-state index in [0.717, 1.165) is 19.0 Å². The van der Waals surface area contributed by atoms with Crippen LogP contribution >= 0.6 is 24.0 Å². The Bertz CT molecular complexity index is 214. The standard InChI is InChI=1S/C11H24N4.HI/c1-9(2)15(4)8-7-13-11(12-3)14-10-5-6-10;/h9-10H,5-8H2,1-4H3,(H2,12,13,14);1H. The Balaban J connectivity index is 0.00000225. The summed E-state index contributed by atoms with van der Waals surface area (Å²) in [7, 11) is 3.97. The maximum atomic E-state index is 4.19. The molecule has 1 aliphatic carbocycles. The van der Waals surface area contributed by atoms with E-state index in [-0.39, 0.29) is 24.0 Å². The molecule has 1 aliphatic rings. The Morgan fingerprint density at radius 2 is 2.06 bits per heavy atom. The number of rotatable bonds is 5. The lowest BCUT2D eigenvalue weighted by Crippen LogP contribution is -2.42. The van der Waals surface area contributed by atoms with Gasteiger partial charge in [-0.3, -0.25) is 4.99 Å². The van der Waals surface area contributed by atoms with Gasteiger partial charge >= 0.3 is 0 Å². The van der Waals surface area contributed by atoms with Gasteiger partial charge in [-0.15, -0.1) is 24.0 Å². The Morgan fingerprint density at radius 3 is 2.50 bits per heavy atom. The molecule has 4 nitrogen and oxygen atoms in total. The van der Waals surface area contributed by atoms with Crippen LogP contribution in [-0.4, -0.2) is 50.1 Å². The van der Waals surface area contributed by atoms with Crippen LogP contribution in [0.25, 0.3) is 0 Å². The monoisotopic (exact) mass is 340 g/mol. The highest BCUT2D eigenvalue weighted by atomic mass is 127. The number of guanidine groups is 1. The molecule has 1 rings (SSSR count). The molecule has 0 unspecified atom stereocenters. The smallest absolute Gasteiger partial charge is 0.191 e. The van der Waals surface area contributed by atoms with E-state index in [1.165, 1.54) is 12.8 Å². The van der Waals surface area contributed by atoms with E-state index in [2.05, 4.69) is 41.4 Å². The van der Waals surface area contributed by atoms with Gasteiger partial charge in [0.1, 0.15) is 0 Å². The number of likely N-dealkylation sites (N-methyl/N-ethyl adjacent to an activating group) is 1. The second-order valence-corrected chi connectivity index (χ2v) is 4.49. The van der Waals surface area contributed by atoms with Crippen molar-refractivity contribution in [2.24, 2.45) is 4.99 Å². The summed E-state index contributed by atoms with van der Waals surface area (Å²) < 4.78 is 0. The van der Waals surface area contributed by atoms with E-state index in [0.29, 0.717) is 12.1 Å². The Kier molecular flexibility index (Phi) is 8.09. The number of nitrogens with one attached hydrogen (secondary N) is 2. The number of halogens is 1. The van der Waals surface area contributed by atoms with Crippen LogP contribution in [0.5, 0.6) is 0 Å². The van der Waals surface area contributed by atoms with Crippen LogP contribution < -0.4 is 10.6 Å². The predicted octanol–water partition coefficient (Wildman–Crippen LogP) is 1.27. The first-order valence-corrected chi connectivity index (χ1v) is 5.81. The van der Waals surface area contributed by atoms with Crippen molar-refractivity contribution in [3.63, 3.8) is 0 Å². The molecular formula is C11H25IN4. The van der Waals surface area contributed by atoms with Crippen molar-refractivity contribution >= 4 is 29.9 Å². The zero-order chi connectivity index (χ0) is 11.3. The highest BCUT2D eigenvalue weighted by molar-refractivity contribution is 14.0. The van der Waals surface area contributed by atoms with Crippen molar-refractivity contribution in [3.8, 4) is 0 Å². The lowest BCUT2D eigenvalue weighted by atomic mass is 10.3. The summed E-state index contributed by atoms with van der Waals surface area (Å²) in [5, 5.41) is 6.69. The van der Waals surface area contributed by atoms with Gasteiger partial charge in [0, 0.05) is 32.2 Å². The van der Waals surface area contributed by atoms with E-state index in [9.17, 15) is 0 Å². The minimum Gasteiger partial charge on any atom is -0.355 e. The van der Waals surface area contributed by atoms with Crippen LogP contribution in [0.15, 0.2) is 4.99 Å². The normalized spacial score (nSPS) is 16.2. The van der Waals surface area contributed by atoms with Crippen LogP contribution in [0, 0.1) is 0 Å². The minimum absolute atomic E-state index is 0. The van der Waals surface area contributed by atoms with Gasteiger partial charge in [0.05, 0.1) is 0 Å². The first kappa shape index (κ1) is 16.0. The molecule has 0 aromatic heterocycles. The molecular weight excluding hydrogens is 315 g/mol. The van der Waals surface area contributed by atoms with Gasteiger partial charge in [-0.05, 0) is 33.7 Å². The van der Waals surface area contributed by atoms with Crippen molar-refractivity contribution in [1.29, 1.82) is 0 Å². The Morgan fingerprint density at radius 1 is 1.44 bits per heavy atom. The largest absolute Gasteiger partial charge is 0.355 e. The number of hydrogen-bond donors (Lipinski definition) is 2. The van der Waals surface area contributed by atoms with Crippen molar-refractivity contribution in [3.05, 3.63) is 0 Å². The average Bonchev–Trinajstić information content (AvgIpc) is 2.99. The fraction of sp³-hybridized carbons (Fsp3) is 0.909. The summed E-state index contributed by atoms with van der Waals surface area (Å²) in [5.41, 5.74) is 0. The molecule has 5 heteroatoms. The summed E-state index contributed by atoms with van der Waals surface area (Å²) in [6.07, 6.45) is 2.57. The van der Waals surface area contributed by atoms with Gasteiger partial charge in [0.2, 0.25) is 0 Å². The first-order chi connectivity index (χ1) is 7.13. The van der Waals surface area contributed by atoms with Crippen molar-refractivity contribution in [1.82, 2.24) is 15.5 Å². The van der Waals surface area contributed by atoms with Gasteiger partial charge < -0.3 is 15.5 Å². The summed E-state index contributed by atoms with van der Waals surface area (Å²) in [6, 6.07) is 1.27. The van der Waals surface area contributed by atoms with Crippen LogP contribution in [-0.2, 0) is 0 Å². The van der Waals surface area contributed by atoms with Crippen molar-refractivity contribution < 1.29 is 0 Å². The number of hydrogen-bond acceptors (Lipinski definition) is 2. The zero-order valence-electron chi connectivity index (χ0n) is 10.8. The van der Waals surface area contributed by atoms with Gasteiger partial charge in [-0.2, -0.15) is 0 Å². The predicted molar refractivity (Wildman–Crippen MR) is 80.7 cm³/mol. The van der Waals surface area contributed by atoms with Crippen LogP contribution in [0.3, 0.4) is 0 Å². The third kappa shape index (κ3) is 6.52. The molecule has 16 heavy (non-hydrogen) atoms. The van der Waals surface area contributed by atoms with Gasteiger partial charge in [0.25, 0.3) is 0 Å².